The van der Waals surface area contributed by atoms with E-state index in [1.807, 2.05) is 19.0 Å². The molecule has 0 fully saturated rings. The van der Waals surface area contributed by atoms with Crippen molar-refractivity contribution in [2.75, 3.05) is 19.0 Å². The molecule has 1 N–H and O–H groups in total. The molecule has 0 unspecified atom stereocenters. The van der Waals surface area contributed by atoms with Crippen LogP contribution in [0.3, 0.4) is 0 Å². The number of nitro benzene ring substituents is 1. The number of H-pyrrole nitrogens is 1. The first kappa shape index (κ1) is 9.45. The van der Waals surface area contributed by atoms with Crippen molar-refractivity contribution in [3.8, 4) is 0 Å². The predicted octanol–water partition coefficient (Wildman–Crippen LogP) is 1.54. The Labute approximate surface area is 85.7 Å². The van der Waals surface area contributed by atoms with Gasteiger partial charge in [-0.2, -0.15) is 5.10 Å². The third kappa shape index (κ3) is 1.50. The fourth-order valence-electron chi connectivity index (χ4n) is 1.44. The summed E-state index contributed by atoms with van der Waals surface area (Å²) >= 11 is 0. The highest BCUT2D eigenvalue weighted by molar-refractivity contribution is 5.91. The highest BCUT2D eigenvalue weighted by Gasteiger charge is 2.12. The van der Waals surface area contributed by atoms with Crippen molar-refractivity contribution in [1.82, 2.24) is 10.2 Å². The Bertz CT molecular complexity index is 518. The van der Waals surface area contributed by atoms with Gasteiger partial charge in [0.2, 0.25) is 0 Å². The maximum Gasteiger partial charge on any atom is 0.270 e. The summed E-state index contributed by atoms with van der Waals surface area (Å²) in [6.07, 6.45) is 0. The van der Waals surface area contributed by atoms with Crippen LogP contribution in [0, 0.1) is 10.1 Å². The van der Waals surface area contributed by atoms with Gasteiger partial charge in [-0.1, -0.05) is 0 Å². The number of fused-ring (bicyclic) bond motifs is 1. The van der Waals surface area contributed by atoms with Crippen LogP contribution in [0.1, 0.15) is 0 Å². The summed E-state index contributed by atoms with van der Waals surface area (Å²) < 4.78 is 0. The second kappa shape index (κ2) is 3.23. The Morgan fingerprint density at radius 2 is 2.20 bits per heavy atom. The minimum absolute atomic E-state index is 0.0759. The van der Waals surface area contributed by atoms with Crippen molar-refractivity contribution in [1.29, 1.82) is 0 Å². The zero-order valence-electron chi connectivity index (χ0n) is 8.39. The Kier molecular flexibility index (Phi) is 2.03. The van der Waals surface area contributed by atoms with Crippen LogP contribution < -0.4 is 4.90 Å². The van der Waals surface area contributed by atoms with E-state index in [2.05, 4.69) is 10.2 Å². The zero-order valence-corrected chi connectivity index (χ0v) is 8.39. The first-order valence-corrected chi connectivity index (χ1v) is 4.39. The van der Waals surface area contributed by atoms with Crippen molar-refractivity contribution in [2.24, 2.45) is 0 Å². The Balaban J connectivity index is 2.66. The Hall–Kier alpha value is -2.11. The van der Waals surface area contributed by atoms with E-state index in [1.54, 1.807) is 6.07 Å². The molecule has 0 aliphatic carbocycles. The number of benzene rings is 1. The van der Waals surface area contributed by atoms with Gasteiger partial charge in [0.1, 0.15) is 0 Å². The Morgan fingerprint density at radius 1 is 1.47 bits per heavy atom. The SMILES string of the molecule is CN(C)c1n[nH]c2ccc([N+](=O)[O-])cc12. The molecule has 6 nitrogen and oxygen atoms in total. The van der Waals surface area contributed by atoms with Gasteiger partial charge in [0.25, 0.3) is 5.69 Å². The first-order valence-electron chi connectivity index (χ1n) is 4.39. The summed E-state index contributed by atoms with van der Waals surface area (Å²) in [4.78, 5) is 12.0. The highest BCUT2D eigenvalue weighted by Crippen LogP contribution is 2.26. The molecule has 6 heteroatoms. The number of hydrogen-bond donors (Lipinski definition) is 1. The summed E-state index contributed by atoms with van der Waals surface area (Å²) in [7, 11) is 3.68. The number of hydrogen-bond acceptors (Lipinski definition) is 4. The maximum absolute atomic E-state index is 10.6. The predicted molar refractivity (Wildman–Crippen MR) is 57.1 cm³/mol. The summed E-state index contributed by atoms with van der Waals surface area (Å²) in [6, 6.07) is 4.64. The van der Waals surface area contributed by atoms with Gasteiger partial charge >= 0.3 is 0 Å². The molecule has 2 rings (SSSR count). The molecule has 1 aromatic heterocycles. The molecule has 1 aromatic carbocycles. The molecular formula is C9H10N4O2. The van der Waals surface area contributed by atoms with Gasteiger partial charge in [-0.15, -0.1) is 0 Å². The van der Waals surface area contributed by atoms with Crippen molar-refractivity contribution in [3.05, 3.63) is 28.3 Å². The van der Waals surface area contributed by atoms with Crippen molar-refractivity contribution in [2.45, 2.75) is 0 Å². The Morgan fingerprint density at radius 3 is 2.80 bits per heavy atom. The van der Waals surface area contributed by atoms with Crippen LogP contribution in [0.25, 0.3) is 10.9 Å². The van der Waals surface area contributed by atoms with Crippen LogP contribution in [0.4, 0.5) is 11.5 Å². The summed E-state index contributed by atoms with van der Waals surface area (Å²) in [6.45, 7) is 0. The van der Waals surface area contributed by atoms with Crippen LogP contribution in [0.15, 0.2) is 18.2 Å². The number of nitrogens with one attached hydrogen (secondary N) is 1. The van der Waals surface area contributed by atoms with Crippen LogP contribution in [-0.4, -0.2) is 29.2 Å². The topological polar surface area (TPSA) is 75.1 Å². The molecule has 0 saturated heterocycles. The lowest BCUT2D eigenvalue weighted by atomic mass is 10.2. The average Bonchev–Trinajstić information content (AvgIpc) is 2.59. The molecule has 0 atom stereocenters. The zero-order chi connectivity index (χ0) is 11.0. The van der Waals surface area contributed by atoms with Crippen molar-refractivity contribution >= 4 is 22.4 Å². The van der Waals surface area contributed by atoms with E-state index >= 15 is 0 Å². The molecule has 0 aliphatic rings. The molecule has 2 aromatic rings. The van der Waals surface area contributed by atoms with E-state index in [0.717, 1.165) is 10.9 Å². The summed E-state index contributed by atoms with van der Waals surface area (Å²) in [5.74, 6) is 0.703. The first-order chi connectivity index (χ1) is 7.09. The molecule has 1 heterocycles. The number of nitro groups is 1. The number of nitrogens with zero attached hydrogens (tertiary/aromatic N) is 3. The lowest BCUT2D eigenvalue weighted by Crippen LogP contribution is -2.09. The van der Waals surface area contributed by atoms with Crippen LogP contribution in [-0.2, 0) is 0 Å². The molecule has 15 heavy (non-hydrogen) atoms. The van der Waals surface area contributed by atoms with E-state index < -0.39 is 4.92 Å². The lowest BCUT2D eigenvalue weighted by Gasteiger charge is -2.07. The third-order valence-electron chi connectivity index (χ3n) is 2.16. The summed E-state index contributed by atoms with van der Waals surface area (Å²) in [5.41, 5.74) is 0.872. The second-order valence-corrected chi connectivity index (χ2v) is 3.43. The number of aromatic nitrogens is 2. The van der Waals surface area contributed by atoms with Gasteiger partial charge < -0.3 is 4.90 Å². The molecule has 0 saturated carbocycles. The largest absolute Gasteiger partial charge is 0.361 e. The van der Waals surface area contributed by atoms with Crippen LogP contribution in [0.5, 0.6) is 0 Å². The van der Waals surface area contributed by atoms with Gasteiger partial charge in [0.05, 0.1) is 15.8 Å². The average molecular weight is 206 g/mol. The van der Waals surface area contributed by atoms with Gasteiger partial charge in [0.15, 0.2) is 5.82 Å². The summed E-state index contributed by atoms with van der Waals surface area (Å²) in [5, 5.41) is 18.3. The van der Waals surface area contributed by atoms with Gasteiger partial charge in [0, 0.05) is 26.2 Å². The second-order valence-electron chi connectivity index (χ2n) is 3.43. The standard InChI is InChI=1S/C9H10N4O2/c1-12(2)9-7-5-6(13(14)15)3-4-8(7)10-11-9/h3-5H,1-2H3,(H,10,11). The number of anilines is 1. The number of aromatic amines is 1. The van der Waals surface area contributed by atoms with Gasteiger partial charge in [-0.25, -0.2) is 0 Å². The molecule has 0 aliphatic heterocycles. The smallest absolute Gasteiger partial charge is 0.270 e. The number of rotatable bonds is 2. The fraction of sp³-hybridized carbons (Fsp3) is 0.222. The molecule has 0 amide bonds. The van der Waals surface area contributed by atoms with E-state index in [1.165, 1.54) is 12.1 Å². The van der Waals surface area contributed by atoms with Crippen molar-refractivity contribution in [3.63, 3.8) is 0 Å². The minimum atomic E-state index is -0.411. The van der Waals surface area contributed by atoms with Crippen LogP contribution >= 0.6 is 0 Å². The van der Waals surface area contributed by atoms with Gasteiger partial charge in [-0.05, 0) is 6.07 Å². The van der Waals surface area contributed by atoms with E-state index in [9.17, 15) is 10.1 Å². The normalized spacial score (nSPS) is 10.5. The molecule has 0 radical (unpaired) electrons. The fourth-order valence-corrected chi connectivity index (χ4v) is 1.44. The number of non-ortho nitro benzene ring substituents is 1. The van der Waals surface area contributed by atoms with E-state index in [0.29, 0.717) is 5.82 Å². The molecular weight excluding hydrogens is 196 g/mol. The van der Waals surface area contributed by atoms with E-state index in [-0.39, 0.29) is 5.69 Å². The van der Waals surface area contributed by atoms with Crippen LogP contribution in [0.2, 0.25) is 0 Å². The molecule has 0 bridgehead atoms. The molecule has 78 valence electrons. The lowest BCUT2D eigenvalue weighted by molar-refractivity contribution is -0.384. The minimum Gasteiger partial charge on any atom is -0.361 e. The highest BCUT2D eigenvalue weighted by atomic mass is 16.6. The van der Waals surface area contributed by atoms with Gasteiger partial charge in [-0.3, -0.25) is 15.2 Å². The van der Waals surface area contributed by atoms with Crippen molar-refractivity contribution < 1.29 is 4.92 Å². The monoisotopic (exact) mass is 206 g/mol. The maximum atomic E-state index is 10.6. The quantitative estimate of drug-likeness (QED) is 0.597. The van der Waals surface area contributed by atoms with E-state index in [4.69, 9.17) is 0 Å². The molecule has 0 spiro atoms. The third-order valence-corrected chi connectivity index (χ3v) is 2.16.